The highest BCUT2D eigenvalue weighted by Gasteiger charge is 2.31. The van der Waals surface area contributed by atoms with Gasteiger partial charge in [0.2, 0.25) is 0 Å². The van der Waals surface area contributed by atoms with Crippen molar-refractivity contribution in [3.05, 3.63) is 0 Å². The van der Waals surface area contributed by atoms with E-state index in [2.05, 4.69) is 4.90 Å². The summed E-state index contributed by atoms with van der Waals surface area (Å²) in [7, 11) is 0. The largest absolute Gasteiger partial charge is 0.392 e. The van der Waals surface area contributed by atoms with E-state index in [0.29, 0.717) is 6.04 Å². The van der Waals surface area contributed by atoms with Crippen molar-refractivity contribution in [2.24, 2.45) is 0 Å². The number of hydrogen-bond acceptors (Lipinski definition) is 3. The maximum Gasteiger partial charge on any atom is 0.0679 e. The van der Waals surface area contributed by atoms with Crippen molar-refractivity contribution >= 4 is 0 Å². The fourth-order valence-electron chi connectivity index (χ4n) is 1.53. The summed E-state index contributed by atoms with van der Waals surface area (Å²) in [6.45, 7) is 3.64. The van der Waals surface area contributed by atoms with Crippen LogP contribution in [-0.2, 0) is 4.74 Å². The van der Waals surface area contributed by atoms with Gasteiger partial charge in [-0.1, -0.05) is 0 Å². The number of nitrogens with zero attached hydrogens (tertiary/aromatic N) is 1. The number of β-amino-alcohol motifs (C(OH)–C–C–N with tert-alkyl or cyclic N) is 1. The Hall–Kier alpha value is -0.120. The third-order valence-corrected chi connectivity index (χ3v) is 2.33. The van der Waals surface area contributed by atoms with E-state index in [1.807, 2.05) is 0 Å². The topological polar surface area (TPSA) is 32.7 Å². The van der Waals surface area contributed by atoms with Gasteiger partial charge in [-0.05, 0) is 6.42 Å². The van der Waals surface area contributed by atoms with Crippen LogP contribution in [0.25, 0.3) is 0 Å². The Kier molecular flexibility index (Phi) is 1.64. The highest BCUT2D eigenvalue weighted by atomic mass is 16.5. The lowest BCUT2D eigenvalue weighted by Gasteiger charge is -2.34. The Bertz CT molecular complexity index is 125. The average molecular weight is 143 g/mol. The number of hydrogen-bond donors (Lipinski definition) is 1. The molecular formula is C7H13NO2. The molecule has 0 radical (unpaired) electrons. The molecule has 2 saturated heterocycles. The number of aliphatic hydroxyl groups is 1. The van der Waals surface area contributed by atoms with Crippen LogP contribution in [-0.4, -0.2) is 48.5 Å². The van der Waals surface area contributed by atoms with Crippen molar-refractivity contribution in [1.82, 2.24) is 4.90 Å². The minimum Gasteiger partial charge on any atom is -0.392 e. The van der Waals surface area contributed by atoms with Crippen LogP contribution in [0.1, 0.15) is 6.42 Å². The summed E-state index contributed by atoms with van der Waals surface area (Å²) in [5.74, 6) is 0. The van der Waals surface area contributed by atoms with Gasteiger partial charge in [-0.15, -0.1) is 0 Å². The molecule has 0 unspecified atom stereocenters. The summed E-state index contributed by atoms with van der Waals surface area (Å²) in [4.78, 5) is 2.31. The molecule has 0 bridgehead atoms. The molecular weight excluding hydrogens is 130 g/mol. The van der Waals surface area contributed by atoms with E-state index in [1.165, 1.54) is 0 Å². The van der Waals surface area contributed by atoms with Gasteiger partial charge in [-0.25, -0.2) is 0 Å². The molecule has 1 atom stereocenters. The predicted octanol–water partition coefficient (Wildman–Crippen LogP) is -0.548. The molecule has 2 aliphatic heterocycles. The Morgan fingerprint density at radius 3 is 2.60 bits per heavy atom. The van der Waals surface area contributed by atoms with E-state index in [-0.39, 0.29) is 6.10 Å². The molecule has 0 aromatic carbocycles. The first kappa shape index (κ1) is 6.58. The maximum atomic E-state index is 9.19. The van der Waals surface area contributed by atoms with Gasteiger partial charge in [0.1, 0.15) is 0 Å². The van der Waals surface area contributed by atoms with E-state index in [1.54, 1.807) is 0 Å². The van der Waals surface area contributed by atoms with Gasteiger partial charge in [0.05, 0.1) is 25.4 Å². The summed E-state index contributed by atoms with van der Waals surface area (Å²) < 4.78 is 5.06. The summed E-state index contributed by atoms with van der Waals surface area (Å²) >= 11 is 0. The third kappa shape index (κ3) is 1.05. The summed E-state index contributed by atoms with van der Waals surface area (Å²) in [5.41, 5.74) is 0. The van der Waals surface area contributed by atoms with Gasteiger partial charge in [0.25, 0.3) is 0 Å². The molecule has 2 aliphatic rings. The van der Waals surface area contributed by atoms with Crippen LogP contribution in [0.15, 0.2) is 0 Å². The summed E-state index contributed by atoms with van der Waals surface area (Å²) in [6.07, 6.45) is 0.858. The summed E-state index contributed by atoms with van der Waals surface area (Å²) in [6, 6.07) is 0.608. The van der Waals surface area contributed by atoms with E-state index in [0.717, 1.165) is 32.7 Å². The minimum absolute atomic E-state index is 0.0828. The molecule has 10 heavy (non-hydrogen) atoms. The Balaban J connectivity index is 1.82. The van der Waals surface area contributed by atoms with Gasteiger partial charge in [0.15, 0.2) is 0 Å². The zero-order valence-corrected chi connectivity index (χ0v) is 5.99. The molecule has 3 heteroatoms. The van der Waals surface area contributed by atoms with Crippen molar-refractivity contribution in [1.29, 1.82) is 0 Å². The third-order valence-electron chi connectivity index (χ3n) is 2.33. The number of aliphatic hydroxyl groups excluding tert-OH is 1. The van der Waals surface area contributed by atoms with Crippen molar-refractivity contribution in [3.63, 3.8) is 0 Å². The standard InChI is InChI=1S/C7H13NO2/c9-7-1-2-8(3-7)6-4-10-5-6/h6-7,9H,1-5H2/t7-/m0/s1. The lowest BCUT2D eigenvalue weighted by atomic mass is 10.2. The molecule has 58 valence electrons. The lowest BCUT2D eigenvalue weighted by Crippen LogP contribution is -2.48. The molecule has 0 saturated carbocycles. The van der Waals surface area contributed by atoms with E-state index >= 15 is 0 Å². The van der Waals surface area contributed by atoms with Crippen LogP contribution >= 0.6 is 0 Å². The first-order valence-electron chi connectivity index (χ1n) is 3.86. The van der Waals surface area contributed by atoms with Crippen LogP contribution in [0, 0.1) is 0 Å². The average Bonchev–Trinajstić information content (AvgIpc) is 2.10. The smallest absolute Gasteiger partial charge is 0.0679 e. The van der Waals surface area contributed by atoms with Gasteiger partial charge in [-0.3, -0.25) is 4.90 Å². The van der Waals surface area contributed by atoms with Crippen molar-refractivity contribution in [2.75, 3.05) is 26.3 Å². The lowest BCUT2D eigenvalue weighted by molar-refractivity contribution is -0.0597. The zero-order chi connectivity index (χ0) is 6.97. The molecule has 0 amide bonds. The number of rotatable bonds is 1. The quantitative estimate of drug-likeness (QED) is 0.534. The SMILES string of the molecule is O[C@H]1CCN(C2COC2)C1. The van der Waals surface area contributed by atoms with Crippen LogP contribution in [0.4, 0.5) is 0 Å². The van der Waals surface area contributed by atoms with E-state index in [4.69, 9.17) is 4.74 Å². The zero-order valence-electron chi connectivity index (χ0n) is 5.99. The minimum atomic E-state index is -0.0828. The van der Waals surface area contributed by atoms with Crippen LogP contribution < -0.4 is 0 Å². The van der Waals surface area contributed by atoms with Gasteiger partial charge in [0, 0.05) is 13.1 Å². The molecule has 0 aliphatic carbocycles. The van der Waals surface area contributed by atoms with Gasteiger partial charge < -0.3 is 9.84 Å². The van der Waals surface area contributed by atoms with Crippen molar-refractivity contribution < 1.29 is 9.84 Å². The molecule has 0 aromatic heterocycles. The molecule has 0 aromatic rings. The Morgan fingerprint density at radius 1 is 1.40 bits per heavy atom. The second-order valence-corrected chi connectivity index (χ2v) is 3.13. The second kappa shape index (κ2) is 2.49. The van der Waals surface area contributed by atoms with Crippen LogP contribution in [0.5, 0.6) is 0 Å². The first-order valence-corrected chi connectivity index (χ1v) is 3.86. The fraction of sp³-hybridized carbons (Fsp3) is 1.00. The van der Waals surface area contributed by atoms with Gasteiger partial charge in [-0.2, -0.15) is 0 Å². The molecule has 2 rings (SSSR count). The normalized spacial score (nSPS) is 36.3. The van der Waals surface area contributed by atoms with Crippen LogP contribution in [0.2, 0.25) is 0 Å². The van der Waals surface area contributed by atoms with E-state index in [9.17, 15) is 5.11 Å². The van der Waals surface area contributed by atoms with Crippen molar-refractivity contribution in [3.8, 4) is 0 Å². The maximum absolute atomic E-state index is 9.19. The highest BCUT2D eigenvalue weighted by molar-refractivity contribution is 4.84. The Labute approximate surface area is 60.6 Å². The molecule has 2 heterocycles. The molecule has 1 N–H and O–H groups in total. The first-order chi connectivity index (χ1) is 4.86. The molecule has 3 nitrogen and oxygen atoms in total. The monoisotopic (exact) mass is 143 g/mol. The molecule has 2 fully saturated rings. The van der Waals surface area contributed by atoms with Crippen molar-refractivity contribution in [2.45, 2.75) is 18.6 Å². The van der Waals surface area contributed by atoms with E-state index < -0.39 is 0 Å². The predicted molar refractivity (Wildman–Crippen MR) is 36.8 cm³/mol. The summed E-state index contributed by atoms with van der Waals surface area (Å²) in [5, 5.41) is 9.19. The van der Waals surface area contributed by atoms with Gasteiger partial charge >= 0.3 is 0 Å². The van der Waals surface area contributed by atoms with Crippen LogP contribution in [0.3, 0.4) is 0 Å². The highest BCUT2D eigenvalue weighted by Crippen LogP contribution is 2.17. The molecule has 0 spiro atoms. The Morgan fingerprint density at radius 2 is 2.20 bits per heavy atom. The number of ether oxygens (including phenoxy) is 1. The fourth-order valence-corrected chi connectivity index (χ4v) is 1.53. The second-order valence-electron chi connectivity index (χ2n) is 3.13. The number of likely N-dealkylation sites (tertiary alicyclic amines) is 1.